The zero-order valence-electron chi connectivity index (χ0n) is 12.2. The number of benzene rings is 1. The summed E-state index contributed by atoms with van der Waals surface area (Å²) in [6.45, 7) is 0.427. The molecule has 0 saturated heterocycles. The molecule has 22 heavy (non-hydrogen) atoms. The van der Waals surface area contributed by atoms with E-state index in [0.29, 0.717) is 17.3 Å². The molecule has 1 heterocycles. The highest BCUT2D eigenvalue weighted by molar-refractivity contribution is 7.90. The molecular formula is C15H17ClN2O3S. The maximum Gasteiger partial charge on any atom is 0.332 e. The first-order valence-corrected chi connectivity index (χ1v) is 9.44. The number of imidazole rings is 1. The second kappa shape index (κ2) is 5.28. The van der Waals surface area contributed by atoms with Crippen molar-refractivity contribution in [2.75, 3.05) is 12.0 Å². The molecule has 1 aromatic carbocycles. The zero-order valence-corrected chi connectivity index (χ0v) is 13.8. The van der Waals surface area contributed by atoms with Crippen LogP contribution >= 0.6 is 11.6 Å². The van der Waals surface area contributed by atoms with Crippen molar-refractivity contribution in [2.45, 2.75) is 19.4 Å². The standard InChI is InChI=1S/C15H17ClN2O3S/c1-22(20,21)11-15(6-7-15)10-17-8-9-18(14(17)19)13-5-3-2-4-12(13)16/h2-5,8-9H,6-7,10-11H2,1H3. The van der Waals surface area contributed by atoms with Crippen molar-refractivity contribution < 1.29 is 8.42 Å². The Morgan fingerprint density at radius 2 is 1.91 bits per heavy atom. The van der Waals surface area contributed by atoms with E-state index < -0.39 is 9.84 Å². The van der Waals surface area contributed by atoms with Gasteiger partial charge in [-0.1, -0.05) is 23.7 Å². The number of hydrogen-bond donors (Lipinski definition) is 0. The highest BCUT2D eigenvalue weighted by Crippen LogP contribution is 2.47. The first-order valence-electron chi connectivity index (χ1n) is 7.00. The summed E-state index contributed by atoms with van der Waals surface area (Å²) in [4.78, 5) is 12.5. The summed E-state index contributed by atoms with van der Waals surface area (Å²) in [5, 5.41) is 0.500. The van der Waals surface area contributed by atoms with Crippen molar-refractivity contribution in [1.29, 1.82) is 0 Å². The molecule has 2 aromatic rings. The molecular weight excluding hydrogens is 324 g/mol. The Kier molecular flexibility index (Phi) is 3.69. The highest BCUT2D eigenvalue weighted by Gasteiger charge is 2.45. The second-order valence-electron chi connectivity index (χ2n) is 6.10. The SMILES string of the molecule is CS(=O)(=O)CC1(Cn2ccn(-c3ccccc3Cl)c2=O)CC1. The van der Waals surface area contributed by atoms with Crippen LogP contribution in [0.3, 0.4) is 0 Å². The minimum Gasteiger partial charge on any atom is -0.298 e. The summed E-state index contributed by atoms with van der Waals surface area (Å²) in [5.41, 5.74) is 0.137. The quantitative estimate of drug-likeness (QED) is 0.837. The molecule has 118 valence electrons. The van der Waals surface area contributed by atoms with Crippen molar-refractivity contribution in [1.82, 2.24) is 9.13 Å². The van der Waals surface area contributed by atoms with Crippen LogP contribution in [0, 0.1) is 5.41 Å². The van der Waals surface area contributed by atoms with Crippen LogP contribution in [-0.4, -0.2) is 29.6 Å². The molecule has 0 aliphatic heterocycles. The Bertz CT molecular complexity index is 863. The number of nitrogens with zero attached hydrogens (tertiary/aromatic N) is 2. The molecule has 1 fully saturated rings. The number of halogens is 1. The Balaban J connectivity index is 1.89. The summed E-state index contributed by atoms with van der Waals surface area (Å²) in [7, 11) is -3.05. The topological polar surface area (TPSA) is 61.1 Å². The summed E-state index contributed by atoms with van der Waals surface area (Å²) >= 11 is 6.12. The van der Waals surface area contributed by atoms with Crippen LogP contribution in [0.5, 0.6) is 0 Å². The first kappa shape index (κ1) is 15.4. The van der Waals surface area contributed by atoms with Crippen molar-refractivity contribution in [3.8, 4) is 5.69 Å². The molecule has 7 heteroatoms. The minimum absolute atomic E-state index is 0.129. The predicted octanol–water partition coefficient (Wildman–Crippen LogP) is 2.12. The van der Waals surface area contributed by atoms with Gasteiger partial charge in [0.1, 0.15) is 9.84 Å². The fourth-order valence-corrected chi connectivity index (χ4v) is 4.53. The maximum absolute atomic E-state index is 12.5. The van der Waals surface area contributed by atoms with Gasteiger partial charge in [-0.2, -0.15) is 0 Å². The summed E-state index contributed by atoms with van der Waals surface area (Å²) in [6, 6.07) is 7.13. The van der Waals surface area contributed by atoms with Gasteiger partial charge in [-0.3, -0.25) is 9.13 Å². The number of hydrogen-bond acceptors (Lipinski definition) is 3. The average Bonchev–Trinajstić information content (AvgIpc) is 3.06. The fourth-order valence-electron chi connectivity index (χ4n) is 2.81. The van der Waals surface area contributed by atoms with Gasteiger partial charge in [0, 0.05) is 30.6 Å². The summed E-state index contributed by atoms with van der Waals surface area (Å²) in [6.07, 6.45) is 6.27. The lowest BCUT2D eigenvalue weighted by atomic mass is 10.1. The zero-order chi connectivity index (χ0) is 16.0. The van der Waals surface area contributed by atoms with Crippen molar-refractivity contribution in [3.63, 3.8) is 0 Å². The van der Waals surface area contributed by atoms with Gasteiger partial charge in [0.25, 0.3) is 0 Å². The molecule has 0 bridgehead atoms. The van der Waals surface area contributed by atoms with Gasteiger partial charge < -0.3 is 0 Å². The van der Waals surface area contributed by atoms with Gasteiger partial charge in [-0.15, -0.1) is 0 Å². The van der Waals surface area contributed by atoms with Crippen molar-refractivity contribution in [3.05, 3.63) is 52.2 Å². The lowest BCUT2D eigenvalue weighted by Gasteiger charge is -2.13. The molecule has 1 aromatic heterocycles. The fraction of sp³-hybridized carbons (Fsp3) is 0.400. The molecule has 0 N–H and O–H groups in total. The van der Waals surface area contributed by atoms with E-state index in [1.165, 1.54) is 10.8 Å². The van der Waals surface area contributed by atoms with Gasteiger partial charge in [0.2, 0.25) is 0 Å². The molecule has 0 atom stereocenters. The van der Waals surface area contributed by atoms with Gasteiger partial charge in [-0.05, 0) is 25.0 Å². The van der Waals surface area contributed by atoms with Crippen LogP contribution in [0.2, 0.25) is 5.02 Å². The normalized spacial score (nSPS) is 16.6. The van der Waals surface area contributed by atoms with Crippen LogP contribution in [-0.2, 0) is 16.4 Å². The molecule has 0 unspecified atom stereocenters. The Morgan fingerprint density at radius 3 is 2.50 bits per heavy atom. The molecule has 1 saturated carbocycles. The van der Waals surface area contributed by atoms with E-state index in [1.807, 2.05) is 6.07 Å². The maximum atomic E-state index is 12.5. The van der Waals surface area contributed by atoms with Crippen LogP contribution in [0.1, 0.15) is 12.8 Å². The molecule has 1 aliphatic rings. The van der Waals surface area contributed by atoms with E-state index in [9.17, 15) is 13.2 Å². The van der Waals surface area contributed by atoms with E-state index >= 15 is 0 Å². The third-order valence-corrected chi connectivity index (χ3v) is 5.45. The smallest absolute Gasteiger partial charge is 0.298 e. The van der Waals surface area contributed by atoms with Gasteiger partial charge in [0.15, 0.2) is 0 Å². The van der Waals surface area contributed by atoms with Crippen LogP contribution < -0.4 is 5.69 Å². The molecule has 5 nitrogen and oxygen atoms in total. The number of para-hydroxylation sites is 1. The van der Waals surface area contributed by atoms with E-state index in [4.69, 9.17) is 11.6 Å². The number of aromatic nitrogens is 2. The number of sulfone groups is 1. The third-order valence-electron chi connectivity index (χ3n) is 3.99. The van der Waals surface area contributed by atoms with Crippen molar-refractivity contribution >= 4 is 21.4 Å². The summed E-state index contributed by atoms with van der Waals surface area (Å²) in [5.74, 6) is 0.129. The van der Waals surface area contributed by atoms with Crippen LogP contribution in [0.25, 0.3) is 5.69 Å². The molecule has 0 radical (unpaired) electrons. The predicted molar refractivity (Wildman–Crippen MR) is 86.4 cm³/mol. The average molecular weight is 341 g/mol. The summed E-state index contributed by atoms with van der Waals surface area (Å²) < 4.78 is 26.1. The Morgan fingerprint density at radius 1 is 1.23 bits per heavy atom. The molecule has 3 rings (SSSR count). The van der Waals surface area contributed by atoms with Crippen LogP contribution in [0.4, 0.5) is 0 Å². The first-order chi connectivity index (χ1) is 10.3. The third kappa shape index (κ3) is 3.13. The van der Waals surface area contributed by atoms with E-state index in [1.54, 1.807) is 35.2 Å². The molecule has 1 aliphatic carbocycles. The van der Waals surface area contributed by atoms with Crippen LogP contribution in [0.15, 0.2) is 41.5 Å². The Hall–Kier alpha value is -1.53. The molecule has 0 amide bonds. The monoisotopic (exact) mass is 340 g/mol. The van der Waals surface area contributed by atoms with Crippen molar-refractivity contribution in [2.24, 2.45) is 5.41 Å². The number of rotatable bonds is 5. The minimum atomic E-state index is -3.05. The lowest BCUT2D eigenvalue weighted by molar-refractivity contribution is 0.450. The Labute approximate surface area is 134 Å². The van der Waals surface area contributed by atoms with Gasteiger partial charge in [0.05, 0.1) is 16.5 Å². The van der Waals surface area contributed by atoms with E-state index in [2.05, 4.69) is 0 Å². The molecule has 0 spiro atoms. The van der Waals surface area contributed by atoms with E-state index in [-0.39, 0.29) is 16.9 Å². The largest absolute Gasteiger partial charge is 0.332 e. The lowest BCUT2D eigenvalue weighted by Crippen LogP contribution is -2.29. The van der Waals surface area contributed by atoms with Gasteiger partial charge in [-0.25, -0.2) is 13.2 Å². The highest BCUT2D eigenvalue weighted by atomic mass is 35.5. The second-order valence-corrected chi connectivity index (χ2v) is 8.65. The van der Waals surface area contributed by atoms with Gasteiger partial charge >= 0.3 is 5.69 Å². The van der Waals surface area contributed by atoms with E-state index in [0.717, 1.165) is 12.8 Å².